The molecule has 1 heterocycles. The largest absolute Gasteiger partial charge is 0.377 e. The van der Waals surface area contributed by atoms with Crippen molar-refractivity contribution >= 4 is 18.3 Å². The van der Waals surface area contributed by atoms with Gasteiger partial charge in [-0.15, -0.1) is 19.0 Å². The third-order valence-electron chi connectivity index (χ3n) is 3.58. The van der Waals surface area contributed by atoms with Crippen molar-refractivity contribution in [1.29, 1.82) is 0 Å². The van der Waals surface area contributed by atoms with Gasteiger partial charge >= 0.3 is 0 Å². The number of carbonyl (C=O) groups excluding carboxylic acids is 1. The lowest BCUT2D eigenvalue weighted by atomic mass is 9.79. The molecule has 1 unspecified atom stereocenters. The molecule has 1 amide bonds. The van der Waals surface area contributed by atoms with E-state index >= 15 is 0 Å². The molecule has 1 rings (SSSR count). The van der Waals surface area contributed by atoms with Crippen LogP contribution in [0, 0.1) is 5.41 Å². The zero-order valence-electron chi connectivity index (χ0n) is 12.1. The summed E-state index contributed by atoms with van der Waals surface area (Å²) >= 11 is 0. The zero-order valence-corrected chi connectivity index (χ0v) is 12.9. The number of piperidine rings is 1. The topological polar surface area (TPSA) is 55.6 Å². The Kier molecular flexibility index (Phi) is 8.30. The van der Waals surface area contributed by atoms with E-state index in [0.717, 1.165) is 25.9 Å². The van der Waals surface area contributed by atoms with Crippen molar-refractivity contribution in [3.05, 3.63) is 12.7 Å². The van der Waals surface area contributed by atoms with Crippen molar-refractivity contribution in [2.75, 3.05) is 26.3 Å². The summed E-state index contributed by atoms with van der Waals surface area (Å²) in [5.41, 5.74) is 6.08. The molecule has 1 aliphatic rings. The van der Waals surface area contributed by atoms with Crippen LogP contribution in [0.1, 0.15) is 33.1 Å². The molecule has 0 aromatic carbocycles. The van der Waals surface area contributed by atoms with Crippen LogP contribution in [0.25, 0.3) is 0 Å². The van der Waals surface area contributed by atoms with Gasteiger partial charge in [-0.3, -0.25) is 4.79 Å². The summed E-state index contributed by atoms with van der Waals surface area (Å²) in [6.45, 7) is 10.6. The summed E-state index contributed by atoms with van der Waals surface area (Å²) in [4.78, 5) is 14.0. The van der Waals surface area contributed by atoms with E-state index in [1.165, 1.54) is 0 Å². The van der Waals surface area contributed by atoms with E-state index in [2.05, 4.69) is 20.4 Å². The number of nitrogens with zero attached hydrogens (tertiary/aromatic N) is 1. The van der Waals surface area contributed by atoms with Crippen LogP contribution in [0.3, 0.4) is 0 Å². The van der Waals surface area contributed by atoms with E-state index in [0.29, 0.717) is 19.6 Å². The monoisotopic (exact) mass is 290 g/mol. The van der Waals surface area contributed by atoms with Crippen LogP contribution in [0.5, 0.6) is 0 Å². The second kappa shape index (κ2) is 8.56. The van der Waals surface area contributed by atoms with Gasteiger partial charge in [0, 0.05) is 32.2 Å². The Labute approximate surface area is 122 Å². The number of carbonyl (C=O) groups is 1. The normalized spacial score (nSPS) is 21.6. The Hall–Kier alpha value is -0.580. The Bertz CT molecular complexity index is 295. The molecule has 0 saturated carbocycles. The quantitative estimate of drug-likeness (QED) is 0.601. The van der Waals surface area contributed by atoms with Gasteiger partial charge in [-0.2, -0.15) is 0 Å². The summed E-state index contributed by atoms with van der Waals surface area (Å²) < 4.78 is 5.27. The predicted molar refractivity (Wildman–Crippen MR) is 80.5 cm³/mol. The highest BCUT2D eigenvalue weighted by atomic mass is 35.5. The molecule has 1 aliphatic heterocycles. The van der Waals surface area contributed by atoms with Gasteiger partial charge in [-0.1, -0.05) is 19.9 Å². The molecule has 0 aliphatic carbocycles. The number of rotatable bonds is 6. The van der Waals surface area contributed by atoms with Gasteiger partial charge in [0.05, 0.1) is 6.61 Å². The van der Waals surface area contributed by atoms with Gasteiger partial charge in [-0.05, 0) is 18.3 Å². The first kappa shape index (κ1) is 18.4. The number of hydrogen-bond acceptors (Lipinski definition) is 3. The number of likely N-dealkylation sites (tertiary alicyclic amines) is 1. The van der Waals surface area contributed by atoms with Gasteiger partial charge in [0.2, 0.25) is 5.91 Å². The first-order valence-electron chi connectivity index (χ1n) is 6.69. The van der Waals surface area contributed by atoms with E-state index in [9.17, 15) is 4.79 Å². The molecule has 0 spiro atoms. The lowest BCUT2D eigenvalue weighted by molar-refractivity contribution is -0.135. The molecule has 0 bridgehead atoms. The average Bonchev–Trinajstić information content (AvgIpc) is 2.32. The highest BCUT2D eigenvalue weighted by molar-refractivity contribution is 5.85. The second-order valence-corrected chi connectivity index (χ2v) is 5.67. The molecule has 0 radical (unpaired) electrons. The van der Waals surface area contributed by atoms with Crippen LogP contribution < -0.4 is 5.73 Å². The molecule has 0 aromatic rings. The molecular weight excluding hydrogens is 264 g/mol. The minimum Gasteiger partial charge on any atom is -0.377 e. The Morgan fingerprint density at radius 2 is 2.26 bits per heavy atom. The maximum absolute atomic E-state index is 12.0. The zero-order chi connectivity index (χ0) is 13.6. The minimum atomic E-state index is 0. The lowest BCUT2D eigenvalue weighted by Gasteiger charge is -2.42. The molecule has 1 atom stereocenters. The highest BCUT2D eigenvalue weighted by Crippen LogP contribution is 2.28. The molecule has 112 valence electrons. The van der Waals surface area contributed by atoms with Crippen LogP contribution in [0.2, 0.25) is 0 Å². The molecule has 5 heteroatoms. The highest BCUT2D eigenvalue weighted by Gasteiger charge is 2.34. The molecular formula is C14H27ClN2O2. The van der Waals surface area contributed by atoms with Crippen LogP contribution in [-0.2, 0) is 9.53 Å². The van der Waals surface area contributed by atoms with Crippen LogP contribution >= 0.6 is 12.4 Å². The fraction of sp³-hybridized carbons (Fsp3) is 0.786. The van der Waals surface area contributed by atoms with Crippen LogP contribution in [0.15, 0.2) is 12.7 Å². The number of hydrogen-bond donors (Lipinski definition) is 1. The molecule has 1 saturated heterocycles. The minimum absolute atomic E-state index is 0. The van der Waals surface area contributed by atoms with Crippen molar-refractivity contribution in [3.8, 4) is 0 Å². The van der Waals surface area contributed by atoms with E-state index in [4.69, 9.17) is 10.5 Å². The summed E-state index contributed by atoms with van der Waals surface area (Å²) in [5, 5.41) is 0. The van der Waals surface area contributed by atoms with Crippen LogP contribution in [-0.4, -0.2) is 43.2 Å². The van der Waals surface area contributed by atoms with E-state index in [1.54, 1.807) is 6.08 Å². The maximum Gasteiger partial charge on any atom is 0.222 e. The van der Waals surface area contributed by atoms with Gasteiger partial charge in [0.25, 0.3) is 0 Å². The van der Waals surface area contributed by atoms with E-state index in [-0.39, 0.29) is 29.8 Å². The smallest absolute Gasteiger partial charge is 0.222 e. The first-order chi connectivity index (χ1) is 8.47. The maximum atomic E-state index is 12.0. The molecule has 4 nitrogen and oxygen atoms in total. The standard InChI is InChI=1S/C14H26N2O2.ClH/c1-4-9-18-10-5-6-13(17)16-8-7-12(15)14(2,3)11-16;/h4,12H,1,5-11,15H2,2-3H3;1H. The van der Waals surface area contributed by atoms with Crippen molar-refractivity contribution in [1.82, 2.24) is 4.90 Å². The number of ether oxygens (including phenoxy) is 1. The van der Waals surface area contributed by atoms with Crippen molar-refractivity contribution in [3.63, 3.8) is 0 Å². The Morgan fingerprint density at radius 3 is 2.84 bits per heavy atom. The third-order valence-corrected chi connectivity index (χ3v) is 3.58. The summed E-state index contributed by atoms with van der Waals surface area (Å²) in [5.74, 6) is 0.220. The van der Waals surface area contributed by atoms with E-state index in [1.807, 2.05) is 4.90 Å². The van der Waals surface area contributed by atoms with Crippen molar-refractivity contribution in [2.24, 2.45) is 11.1 Å². The number of nitrogens with two attached hydrogens (primary N) is 1. The molecule has 2 N–H and O–H groups in total. The molecule has 1 fully saturated rings. The Morgan fingerprint density at radius 1 is 1.58 bits per heavy atom. The fourth-order valence-corrected chi connectivity index (χ4v) is 2.24. The van der Waals surface area contributed by atoms with Crippen molar-refractivity contribution < 1.29 is 9.53 Å². The van der Waals surface area contributed by atoms with Gasteiger partial charge < -0.3 is 15.4 Å². The first-order valence-corrected chi connectivity index (χ1v) is 6.69. The SMILES string of the molecule is C=CCOCCCC(=O)N1CCC(N)C(C)(C)C1.Cl. The van der Waals surface area contributed by atoms with Gasteiger partial charge in [-0.25, -0.2) is 0 Å². The lowest BCUT2D eigenvalue weighted by Crippen LogP contribution is -2.53. The summed E-state index contributed by atoms with van der Waals surface area (Å²) in [7, 11) is 0. The number of amides is 1. The predicted octanol–water partition coefficient (Wildman–Crippen LogP) is 1.98. The van der Waals surface area contributed by atoms with Crippen LogP contribution in [0.4, 0.5) is 0 Å². The Balaban J connectivity index is 0.00000324. The summed E-state index contributed by atoms with van der Waals surface area (Å²) in [6, 6.07) is 0.192. The summed E-state index contributed by atoms with van der Waals surface area (Å²) in [6.07, 6.45) is 3.94. The molecule has 0 aromatic heterocycles. The third kappa shape index (κ3) is 5.93. The second-order valence-electron chi connectivity index (χ2n) is 5.67. The van der Waals surface area contributed by atoms with Gasteiger partial charge in [0.1, 0.15) is 0 Å². The molecule has 19 heavy (non-hydrogen) atoms. The van der Waals surface area contributed by atoms with E-state index < -0.39 is 0 Å². The average molecular weight is 291 g/mol. The van der Waals surface area contributed by atoms with Gasteiger partial charge in [0.15, 0.2) is 0 Å². The van der Waals surface area contributed by atoms with Crippen molar-refractivity contribution in [2.45, 2.75) is 39.2 Å². The number of halogens is 1. The fourth-order valence-electron chi connectivity index (χ4n) is 2.24.